The van der Waals surface area contributed by atoms with Crippen LogP contribution in [0.3, 0.4) is 0 Å². The van der Waals surface area contributed by atoms with E-state index in [-0.39, 0.29) is 10.6 Å². The molecule has 0 fully saturated rings. The van der Waals surface area contributed by atoms with Gasteiger partial charge in [-0.2, -0.15) is 0 Å². The fourth-order valence-corrected chi connectivity index (χ4v) is 2.46. The first-order valence-electron chi connectivity index (χ1n) is 5.99. The zero-order chi connectivity index (χ0) is 13.4. The number of para-hydroxylation sites is 1. The van der Waals surface area contributed by atoms with Crippen LogP contribution in [0.4, 0.5) is 5.69 Å². The van der Waals surface area contributed by atoms with Crippen molar-refractivity contribution in [2.75, 3.05) is 0 Å². The maximum atomic E-state index is 11.1. The Morgan fingerprint density at radius 2 is 1.79 bits per heavy atom. The Hall–Kier alpha value is -2.62. The van der Waals surface area contributed by atoms with Gasteiger partial charge in [0, 0.05) is 22.7 Å². The van der Waals surface area contributed by atoms with E-state index in [0.29, 0.717) is 5.52 Å². The lowest BCUT2D eigenvalue weighted by Gasteiger charge is -2.01. The lowest BCUT2D eigenvalue weighted by molar-refractivity contribution is -0.383. The summed E-state index contributed by atoms with van der Waals surface area (Å²) in [6.07, 6.45) is 0. The molecule has 3 aromatic rings. The maximum absolute atomic E-state index is 11.1. The van der Waals surface area contributed by atoms with Gasteiger partial charge < -0.3 is 4.98 Å². The number of benzene rings is 2. The fraction of sp³-hybridized carbons (Fsp3) is 0.0667. The minimum Gasteiger partial charge on any atom is -0.352 e. The van der Waals surface area contributed by atoms with Crippen LogP contribution in [0.2, 0.25) is 0 Å². The Bertz CT molecular complexity index is 760. The number of nitro benzene ring substituents is 1. The number of aromatic amines is 1. The molecule has 4 heteroatoms. The average Bonchev–Trinajstić information content (AvgIpc) is 2.75. The quantitative estimate of drug-likeness (QED) is 0.552. The van der Waals surface area contributed by atoms with Crippen LogP contribution in [0, 0.1) is 17.0 Å². The van der Waals surface area contributed by atoms with Gasteiger partial charge in [0.15, 0.2) is 0 Å². The number of aromatic nitrogens is 1. The third-order valence-electron chi connectivity index (χ3n) is 3.26. The minimum atomic E-state index is -0.354. The molecule has 0 unspecified atom stereocenters. The first kappa shape index (κ1) is 11.5. The van der Waals surface area contributed by atoms with Crippen molar-refractivity contribution in [2.45, 2.75) is 6.92 Å². The second kappa shape index (κ2) is 4.24. The molecule has 0 atom stereocenters. The van der Waals surface area contributed by atoms with E-state index in [4.69, 9.17) is 0 Å². The van der Waals surface area contributed by atoms with Gasteiger partial charge in [-0.3, -0.25) is 10.1 Å². The summed E-state index contributed by atoms with van der Waals surface area (Å²) < 4.78 is 0. The molecule has 1 aromatic heterocycles. The first-order chi connectivity index (χ1) is 9.18. The van der Waals surface area contributed by atoms with Crippen LogP contribution >= 0.6 is 0 Å². The summed E-state index contributed by atoms with van der Waals surface area (Å²) in [6, 6.07) is 15.1. The first-order valence-corrected chi connectivity index (χ1v) is 5.99. The summed E-state index contributed by atoms with van der Waals surface area (Å²) in [6.45, 7) is 1.94. The van der Waals surface area contributed by atoms with Gasteiger partial charge in [0.05, 0.1) is 4.92 Å². The maximum Gasteiger partial charge on any atom is 0.293 e. The van der Waals surface area contributed by atoms with E-state index in [1.165, 1.54) is 6.07 Å². The van der Waals surface area contributed by atoms with Crippen molar-refractivity contribution in [2.24, 2.45) is 0 Å². The molecule has 0 radical (unpaired) electrons. The van der Waals surface area contributed by atoms with Gasteiger partial charge in [0.2, 0.25) is 0 Å². The topological polar surface area (TPSA) is 58.9 Å². The van der Waals surface area contributed by atoms with E-state index in [2.05, 4.69) is 4.98 Å². The zero-order valence-electron chi connectivity index (χ0n) is 10.4. The van der Waals surface area contributed by atoms with Crippen molar-refractivity contribution < 1.29 is 4.92 Å². The molecule has 1 heterocycles. The van der Waals surface area contributed by atoms with Crippen LogP contribution in [0.1, 0.15) is 5.69 Å². The summed E-state index contributed by atoms with van der Waals surface area (Å²) in [7, 11) is 0. The number of non-ortho nitro benzene ring substituents is 1. The van der Waals surface area contributed by atoms with Crippen LogP contribution < -0.4 is 0 Å². The predicted octanol–water partition coefficient (Wildman–Crippen LogP) is 4.05. The Balaban J connectivity index is 2.36. The summed E-state index contributed by atoms with van der Waals surface area (Å²) in [5.74, 6) is 0. The van der Waals surface area contributed by atoms with Gasteiger partial charge in [-0.15, -0.1) is 0 Å². The van der Waals surface area contributed by atoms with Gasteiger partial charge in [0.1, 0.15) is 5.52 Å². The van der Waals surface area contributed by atoms with Gasteiger partial charge in [-0.1, -0.05) is 42.5 Å². The molecule has 0 aliphatic carbocycles. The number of fused-ring (bicyclic) bond motifs is 1. The van der Waals surface area contributed by atoms with Crippen LogP contribution in [-0.4, -0.2) is 9.91 Å². The Morgan fingerprint density at radius 1 is 1.05 bits per heavy atom. The fourth-order valence-electron chi connectivity index (χ4n) is 2.46. The van der Waals surface area contributed by atoms with Crippen molar-refractivity contribution in [1.29, 1.82) is 0 Å². The van der Waals surface area contributed by atoms with E-state index in [0.717, 1.165) is 22.2 Å². The van der Waals surface area contributed by atoms with Crippen LogP contribution in [-0.2, 0) is 0 Å². The molecule has 2 aromatic carbocycles. The van der Waals surface area contributed by atoms with Crippen molar-refractivity contribution in [3.63, 3.8) is 0 Å². The highest BCUT2D eigenvalue weighted by atomic mass is 16.6. The number of nitrogens with zero attached hydrogens (tertiary/aromatic N) is 1. The molecule has 3 rings (SSSR count). The SMILES string of the molecule is Cc1[nH]c2c([N+](=O)[O-])cccc2c1-c1ccccc1. The number of nitro groups is 1. The second-order valence-corrected chi connectivity index (χ2v) is 4.45. The molecule has 4 nitrogen and oxygen atoms in total. The highest BCUT2D eigenvalue weighted by Crippen LogP contribution is 2.35. The zero-order valence-corrected chi connectivity index (χ0v) is 10.4. The molecule has 0 aliphatic rings. The largest absolute Gasteiger partial charge is 0.352 e. The van der Waals surface area contributed by atoms with Crippen molar-refractivity contribution in [3.8, 4) is 11.1 Å². The monoisotopic (exact) mass is 252 g/mol. The number of H-pyrrole nitrogens is 1. The molecule has 0 saturated heterocycles. The summed E-state index contributed by atoms with van der Waals surface area (Å²) in [5.41, 5.74) is 3.73. The number of nitrogens with one attached hydrogen (secondary N) is 1. The average molecular weight is 252 g/mol. The van der Waals surface area contributed by atoms with Gasteiger partial charge in [-0.05, 0) is 12.5 Å². The van der Waals surface area contributed by atoms with Crippen LogP contribution in [0.15, 0.2) is 48.5 Å². The molecule has 0 aliphatic heterocycles. The smallest absolute Gasteiger partial charge is 0.293 e. The molecular weight excluding hydrogens is 240 g/mol. The van der Waals surface area contributed by atoms with E-state index in [9.17, 15) is 10.1 Å². The summed E-state index contributed by atoms with van der Waals surface area (Å²) in [5, 5.41) is 11.9. The van der Waals surface area contributed by atoms with Crippen molar-refractivity contribution in [1.82, 2.24) is 4.98 Å². The van der Waals surface area contributed by atoms with Gasteiger partial charge >= 0.3 is 0 Å². The Labute approximate surface area is 109 Å². The highest BCUT2D eigenvalue weighted by molar-refractivity contribution is 6.01. The van der Waals surface area contributed by atoms with Gasteiger partial charge in [0.25, 0.3) is 5.69 Å². The molecule has 94 valence electrons. The minimum absolute atomic E-state index is 0.114. The van der Waals surface area contributed by atoms with E-state index in [1.54, 1.807) is 6.07 Å². The van der Waals surface area contributed by atoms with Crippen molar-refractivity contribution in [3.05, 3.63) is 64.3 Å². The normalized spacial score (nSPS) is 10.8. The lowest BCUT2D eigenvalue weighted by Crippen LogP contribution is -1.88. The molecular formula is C15H12N2O2. The van der Waals surface area contributed by atoms with E-state index >= 15 is 0 Å². The highest BCUT2D eigenvalue weighted by Gasteiger charge is 2.18. The molecule has 0 spiro atoms. The molecule has 0 bridgehead atoms. The number of aryl methyl sites for hydroxylation is 1. The van der Waals surface area contributed by atoms with E-state index in [1.807, 2.05) is 43.3 Å². The Kier molecular flexibility index (Phi) is 2.56. The summed E-state index contributed by atoms with van der Waals surface area (Å²) in [4.78, 5) is 13.8. The Morgan fingerprint density at radius 3 is 2.47 bits per heavy atom. The van der Waals surface area contributed by atoms with Crippen molar-refractivity contribution >= 4 is 16.6 Å². The van der Waals surface area contributed by atoms with Crippen LogP contribution in [0.25, 0.3) is 22.0 Å². The second-order valence-electron chi connectivity index (χ2n) is 4.45. The third-order valence-corrected chi connectivity index (χ3v) is 3.26. The number of hydrogen-bond donors (Lipinski definition) is 1. The summed E-state index contributed by atoms with van der Waals surface area (Å²) >= 11 is 0. The molecule has 0 amide bonds. The number of rotatable bonds is 2. The third kappa shape index (κ3) is 1.78. The predicted molar refractivity (Wildman–Crippen MR) is 75.1 cm³/mol. The van der Waals surface area contributed by atoms with Crippen LogP contribution in [0.5, 0.6) is 0 Å². The van der Waals surface area contributed by atoms with E-state index < -0.39 is 0 Å². The lowest BCUT2D eigenvalue weighted by atomic mass is 10.0. The molecule has 0 saturated carbocycles. The molecule has 19 heavy (non-hydrogen) atoms. The number of hydrogen-bond acceptors (Lipinski definition) is 2. The molecule has 1 N–H and O–H groups in total. The van der Waals surface area contributed by atoms with Gasteiger partial charge in [-0.25, -0.2) is 0 Å². The standard InChI is InChI=1S/C15H12N2O2/c1-10-14(11-6-3-2-4-7-11)12-8-5-9-13(17(18)19)15(12)16-10/h2-9,16H,1H3.